The molecular formula is C33H42N2O7S. The molecule has 232 valence electrons. The van der Waals surface area contributed by atoms with Crippen molar-refractivity contribution in [3.63, 3.8) is 0 Å². The monoisotopic (exact) mass is 610 g/mol. The van der Waals surface area contributed by atoms with Crippen LogP contribution in [0.4, 0.5) is 4.79 Å². The van der Waals surface area contributed by atoms with Gasteiger partial charge in [0.05, 0.1) is 24.6 Å². The second-order valence-corrected chi connectivity index (χ2v) is 13.6. The molecule has 1 atom stereocenters. The summed E-state index contributed by atoms with van der Waals surface area (Å²) in [5.74, 6) is 0.655. The molecule has 3 aromatic rings. The van der Waals surface area contributed by atoms with Gasteiger partial charge < -0.3 is 19.5 Å². The van der Waals surface area contributed by atoms with Crippen LogP contribution in [-0.2, 0) is 32.6 Å². The maximum atomic E-state index is 13.7. The number of carbonyl (C=O) groups is 2. The Bertz CT molecular complexity index is 1430. The van der Waals surface area contributed by atoms with Crippen LogP contribution in [0.1, 0.15) is 45.7 Å². The topological polar surface area (TPSA) is 111 Å². The minimum absolute atomic E-state index is 0.0458. The quantitative estimate of drug-likeness (QED) is 0.252. The first-order valence-corrected chi connectivity index (χ1v) is 15.6. The smallest absolute Gasteiger partial charge is 0.408 e. The van der Waals surface area contributed by atoms with Crippen LogP contribution >= 0.6 is 0 Å². The molecule has 0 radical (unpaired) electrons. The SMILES string of the molecule is COc1ccc(S(=O)(=O)N(CC(=O)C(Cc2ccc(OCc3ccccc3)cc2)NC(=O)OC(C)(C)C)CC(C)C)cc1. The van der Waals surface area contributed by atoms with Crippen molar-refractivity contribution in [2.45, 2.75) is 64.2 Å². The summed E-state index contributed by atoms with van der Waals surface area (Å²) in [6, 6.07) is 22.0. The summed E-state index contributed by atoms with van der Waals surface area (Å²) < 4.78 is 44.8. The fraction of sp³-hybridized carbons (Fsp3) is 0.394. The number of alkyl carbamates (subject to hydrolysis) is 1. The zero-order chi connectivity index (χ0) is 31.6. The van der Waals surface area contributed by atoms with Gasteiger partial charge in [0.25, 0.3) is 0 Å². The van der Waals surface area contributed by atoms with Gasteiger partial charge in [-0.15, -0.1) is 0 Å². The van der Waals surface area contributed by atoms with Crippen LogP contribution in [0, 0.1) is 5.92 Å². The van der Waals surface area contributed by atoms with Gasteiger partial charge in [-0.3, -0.25) is 4.79 Å². The van der Waals surface area contributed by atoms with Crippen molar-refractivity contribution >= 4 is 21.9 Å². The molecule has 0 aliphatic heterocycles. The summed E-state index contributed by atoms with van der Waals surface area (Å²) in [5.41, 5.74) is 1.01. The third kappa shape index (κ3) is 10.7. The summed E-state index contributed by atoms with van der Waals surface area (Å²) in [5, 5.41) is 2.67. The predicted molar refractivity (Wildman–Crippen MR) is 166 cm³/mol. The van der Waals surface area contributed by atoms with E-state index in [9.17, 15) is 18.0 Å². The van der Waals surface area contributed by atoms with E-state index in [0.717, 1.165) is 15.4 Å². The standard InChI is InChI=1S/C33H42N2O7S/c1-24(2)21-35(43(38,39)29-18-16-27(40-6)17-19-29)22-31(36)30(34-32(37)42-33(3,4)5)20-25-12-14-28(15-13-25)41-23-26-10-8-7-9-11-26/h7-19,24,30H,20-23H2,1-6H3,(H,34,37). The normalized spacial score (nSPS) is 12.6. The molecule has 10 heteroatoms. The lowest BCUT2D eigenvalue weighted by molar-refractivity contribution is -0.121. The maximum absolute atomic E-state index is 13.7. The Labute approximate surface area is 255 Å². The summed E-state index contributed by atoms with van der Waals surface area (Å²) in [7, 11) is -2.52. The van der Waals surface area contributed by atoms with Gasteiger partial charge in [-0.05, 0) is 80.6 Å². The Hall–Kier alpha value is -3.89. The molecule has 9 nitrogen and oxygen atoms in total. The van der Waals surface area contributed by atoms with E-state index in [-0.39, 0.29) is 23.8 Å². The van der Waals surface area contributed by atoms with Gasteiger partial charge in [-0.25, -0.2) is 13.2 Å². The predicted octanol–water partition coefficient (Wildman–Crippen LogP) is 5.63. The minimum Gasteiger partial charge on any atom is -0.497 e. The largest absolute Gasteiger partial charge is 0.497 e. The number of benzene rings is 3. The highest BCUT2D eigenvalue weighted by atomic mass is 32.2. The molecule has 3 aromatic carbocycles. The zero-order valence-corrected chi connectivity index (χ0v) is 26.5. The highest BCUT2D eigenvalue weighted by Gasteiger charge is 2.32. The van der Waals surface area contributed by atoms with E-state index in [1.165, 1.54) is 19.2 Å². The molecule has 0 heterocycles. The van der Waals surface area contributed by atoms with Gasteiger partial charge in [0.2, 0.25) is 10.0 Å². The fourth-order valence-electron chi connectivity index (χ4n) is 4.23. The average Bonchev–Trinajstić information content (AvgIpc) is 2.95. The molecule has 0 spiro atoms. The van der Waals surface area contributed by atoms with Gasteiger partial charge in [0, 0.05) is 6.54 Å². The molecule has 0 aromatic heterocycles. The number of ether oxygens (including phenoxy) is 3. The van der Waals surface area contributed by atoms with E-state index in [0.29, 0.717) is 18.1 Å². The molecule has 43 heavy (non-hydrogen) atoms. The van der Waals surface area contributed by atoms with Gasteiger partial charge in [0.1, 0.15) is 23.7 Å². The number of amides is 1. The molecule has 0 bridgehead atoms. The molecule has 1 unspecified atom stereocenters. The van der Waals surface area contributed by atoms with Crippen LogP contribution in [0.2, 0.25) is 0 Å². The molecular weight excluding hydrogens is 568 g/mol. The van der Waals surface area contributed by atoms with E-state index in [4.69, 9.17) is 14.2 Å². The molecule has 0 saturated carbocycles. The molecule has 0 fully saturated rings. The van der Waals surface area contributed by atoms with E-state index in [2.05, 4.69) is 5.32 Å². The van der Waals surface area contributed by atoms with Crippen LogP contribution in [0.3, 0.4) is 0 Å². The van der Waals surface area contributed by atoms with Crippen LogP contribution in [0.25, 0.3) is 0 Å². The van der Waals surface area contributed by atoms with Crippen LogP contribution < -0.4 is 14.8 Å². The number of sulfonamides is 1. The number of rotatable bonds is 14. The van der Waals surface area contributed by atoms with E-state index in [1.807, 2.05) is 56.3 Å². The number of nitrogens with one attached hydrogen (secondary N) is 1. The minimum atomic E-state index is -4.02. The second-order valence-electron chi connectivity index (χ2n) is 11.7. The molecule has 0 aliphatic carbocycles. The fourth-order valence-corrected chi connectivity index (χ4v) is 5.80. The summed E-state index contributed by atoms with van der Waals surface area (Å²) in [4.78, 5) is 26.5. The number of methoxy groups -OCH3 is 1. The number of Topliss-reactive ketones (excluding diaryl/α,β-unsaturated/α-hetero) is 1. The average molecular weight is 611 g/mol. The van der Waals surface area contributed by atoms with Crippen molar-refractivity contribution in [2.24, 2.45) is 5.92 Å². The Morgan fingerprint density at radius 3 is 2.02 bits per heavy atom. The summed E-state index contributed by atoms with van der Waals surface area (Å²) in [6.07, 6.45) is -0.628. The Kier molecular flexibility index (Phi) is 11.7. The second kappa shape index (κ2) is 15.0. The first-order valence-electron chi connectivity index (χ1n) is 14.2. The van der Waals surface area contributed by atoms with Crippen molar-refractivity contribution in [1.82, 2.24) is 9.62 Å². The first-order chi connectivity index (χ1) is 20.3. The summed E-state index contributed by atoms with van der Waals surface area (Å²) >= 11 is 0. The third-order valence-electron chi connectivity index (χ3n) is 6.29. The Morgan fingerprint density at radius 2 is 1.47 bits per heavy atom. The van der Waals surface area contributed by atoms with Gasteiger partial charge in [0.15, 0.2) is 5.78 Å². The van der Waals surface area contributed by atoms with E-state index in [1.54, 1.807) is 45.0 Å². The zero-order valence-electron chi connectivity index (χ0n) is 25.7. The third-order valence-corrected chi connectivity index (χ3v) is 8.12. The highest BCUT2D eigenvalue weighted by molar-refractivity contribution is 7.89. The van der Waals surface area contributed by atoms with Crippen molar-refractivity contribution in [3.05, 3.63) is 90.0 Å². The molecule has 1 N–H and O–H groups in total. The highest BCUT2D eigenvalue weighted by Crippen LogP contribution is 2.22. The molecule has 0 saturated heterocycles. The number of nitrogens with zero attached hydrogens (tertiary/aromatic N) is 1. The lowest BCUT2D eigenvalue weighted by Gasteiger charge is -2.27. The van der Waals surface area contributed by atoms with Gasteiger partial charge in [-0.2, -0.15) is 4.31 Å². The van der Waals surface area contributed by atoms with Gasteiger partial charge in [-0.1, -0.05) is 56.3 Å². The number of hydrogen-bond donors (Lipinski definition) is 1. The van der Waals surface area contributed by atoms with E-state index < -0.39 is 40.1 Å². The van der Waals surface area contributed by atoms with Crippen molar-refractivity contribution < 1.29 is 32.2 Å². The van der Waals surface area contributed by atoms with Gasteiger partial charge >= 0.3 is 6.09 Å². The first kappa shape index (κ1) is 33.6. The molecule has 0 aliphatic rings. The summed E-state index contributed by atoms with van der Waals surface area (Å²) in [6.45, 7) is 9.03. The van der Waals surface area contributed by atoms with Crippen LogP contribution in [0.15, 0.2) is 83.8 Å². The van der Waals surface area contributed by atoms with Crippen LogP contribution in [0.5, 0.6) is 11.5 Å². The van der Waals surface area contributed by atoms with Crippen molar-refractivity contribution in [1.29, 1.82) is 0 Å². The number of hydrogen-bond acceptors (Lipinski definition) is 7. The van der Waals surface area contributed by atoms with Crippen molar-refractivity contribution in [3.8, 4) is 11.5 Å². The lowest BCUT2D eigenvalue weighted by atomic mass is 10.0. The van der Waals surface area contributed by atoms with Crippen LogP contribution in [-0.4, -0.2) is 56.4 Å². The number of carbonyl (C=O) groups excluding carboxylic acids is 2. The lowest BCUT2D eigenvalue weighted by Crippen LogP contribution is -2.49. The molecule has 1 amide bonds. The van der Waals surface area contributed by atoms with Crippen molar-refractivity contribution in [2.75, 3.05) is 20.2 Å². The van der Waals surface area contributed by atoms with E-state index >= 15 is 0 Å². The molecule has 3 rings (SSSR count). The Balaban J connectivity index is 1.81. The number of ketones is 1. The Morgan fingerprint density at radius 1 is 0.860 bits per heavy atom. The maximum Gasteiger partial charge on any atom is 0.408 e.